The first-order valence-corrected chi connectivity index (χ1v) is 20.8. The summed E-state index contributed by atoms with van der Waals surface area (Å²) in [5.74, 6) is -2.89. The Hall–Kier alpha value is -4.61. The number of nitrogens with zero attached hydrogens (tertiary/aromatic N) is 2. The number of carbonyl (C=O) groups excluding carboxylic acids is 4. The van der Waals surface area contributed by atoms with Gasteiger partial charge in [0.2, 0.25) is 27.7 Å². The van der Waals surface area contributed by atoms with Crippen molar-refractivity contribution in [2.45, 2.75) is 120 Å². The van der Waals surface area contributed by atoms with Gasteiger partial charge in [0.15, 0.2) is 6.10 Å². The molecule has 2 saturated carbocycles. The third-order valence-corrected chi connectivity index (χ3v) is 14.0. The first-order chi connectivity index (χ1) is 26.8. The molecule has 3 fully saturated rings. The number of rotatable bonds is 9. The number of aromatic nitrogens is 1. The fourth-order valence-electron chi connectivity index (χ4n) is 7.76. The van der Waals surface area contributed by atoms with E-state index in [1.807, 2.05) is 25.1 Å². The van der Waals surface area contributed by atoms with Crippen LogP contribution in [0.5, 0.6) is 11.6 Å². The number of methoxy groups -OCH3 is 1. The summed E-state index contributed by atoms with van der Waals surface area (Å²) in [7, 11) is -2.57. The van der Waals surface area contributed by atoms with Crippen LogP contribution >= 0.6 is 0 Å². The zero-order valence-electron chi connectivity index (χ0n) is 32.6. The van der Waals surface area contributed by atoms with Crippen LogP contribution in [0, 0.1) is 17.8 Å². The van der Waals surface area contributed by atoms with Crippen LogP contribution in [-0.4, -0.2) is 96.5 Å². The van der Waals surface area contributed by atoms with Crippen molar-refractivity contribution in [1.82, 2.24) is 25.2 Å². The second-order valence-corrected chi connectivity index (χ2v) is 18.2. The van der Waals surface area contributed by atoms with Gasteiger partial charge in [-0.2, -0.15) is 13.2 Å². The highest BCUT2D eigenvalue weighted by atomic mass is 32.2. The maximum Gasteiger partial charge on any atom is 0.425 e. The average molecular weight is 822 g/mol. The molecule has 2 aliphatic heterocycles. The monoisotopic (exact) mass is 821 g/mol. The maximum absolute atomic E-state index is 14.8. The van der Waals surface area contributed by atoms with E-state index in [1.54, 1.807) is 25.1 Å². The normalized spacial score (nSPS) is 30.0. The Morgan fingerprint density at radius 1 is 1.14 bits per heavy atom. The molecule has 3 N–H and O–H groups in total. The molecule has 8 atom stereocenters. The zero-order chi connectivity index (χ0) is 41.5. The van der Waals surface area contributed by atoms with Crippen LogP contribution in [0.25, 0.3) is 10.8 Å². The number of sulfonamides is 1. The second kappa shape index (κ2) is 16.0. The smallest absolute Gasteiger partial charge is 0.425 e. The lowest BCUT2D eigenvalue weighted by Crippen LogP contribution is -2.59. The number of halogens is 3. The molecule has 57 heavy (non-hydrogen) atoms. The van der Waals surface area contributed by atoms with E-state index < -0.39 is 86.4 Å². The molecule has 14 nitrogen and oxygen atoms in total. The second-order valence-electron chi connectivity index (χ2n) is 16.0. The highest BCUT2D eigenvalue weighted by molar-refractivity contribution is 7.91. The Balaban J connectivity index is 1.36. The number of benzene rings is 1. The van der Waals surface area contributed by atoms with Crippen LogP contribution in [0.2, 0.25) is 0 Å². The van der Waals surface area contributed by atoms with E-state index in [0.717, 1.165) is 0 Å². The lowest BCUT2D eigenvalue weighted by Gasteiger charge is -2.34. The predicted molar refractivity (Wildman–Crippen MR) is 201 cm³/mol. The van der Waals surface area contributed by atoms with Crippen molar-refractivity contribution >= 4 is 44.6 Å². The van der Waals surface area contributed by atoms with Crippen molar-refractivity contribution in [1.29, 1.82) is 0 Å². The molecule has 4 amide bonds. The first-order valence-electron chi connectivity index (χ1n) is 19.3. The molecule has 6 rings (SSSR count). The molecule has 2 aliphatic carbocycles. The molecular weight excluding hydrogens is 772 g/mol. The third kappa shape index (κ3) is 8.79. The van der Waals surface area contributed by atoms with Gasteiger partial charge >= 0.3 is 12.3 Å². The van der Waals surface area contributed by atoms with Crippen molar-refractivity contribution in [2.24, 2.45) is 17.8 Å². The minimum Gasteiger partial charge on any atom is -0.494 e. The maximum atomic E-state index is 14.8. The van der Waals surface area contributed by atoms with Gasteiger partial charge in [-0.1, -0.05) is 50.6 Å². The van der Waals surface area contributed by atoms with E-state index in [2.05, 4.69) is 25.1 Å². The van der Waals surface area contributed by atoms with Gasteiger partial charge in [0.1, 0.15) is 29.5 Å². The number of ether oxygens (including phenoxy) is 3. The molecule has 3 heterocycles. The molecule has 0 bridgehead atoms. The van der Waals surface area contributed by atoms with Crippen molar-refractivity contribution in [3.05, 3.63) is 42.6 Å². The summed E-state index contributed by atoms with van der Waals surface area (Å²) in [6.45, 7) is 5.77. The minimum atomic E-state index is -4.85. The first kappa shape index (κ1) is 42.0. The lowest BCUT2D eigenvalue weighted by molar-refractivity contribution is -0.197. The number of fused-ring (bicyclic) bond motifs is 3. The Morgan fingerprint density at radius 2 is 1.84 bits per heavy atom. The SMILES string of the molecule is CC[C@@H]1C[C@H](C)CC/C=C\[C@@H]2C[C@@]2(C(=O)NS(=O)(=O)C2(C)CC2)NC(=O)[C@@H]2C[C@@H](Oc3ncc(OC)c4ccccc34)CN2C(=O)[C@H]1NC(=O)OC(C)C(F)(F)F. The molecular formula is C39H50F3N5O9S. The highest BCUT2D eigenvalue weighted by Gasteiger charge is 2.63. The Kier molecular flexibility index (Phi) is 11.8. The van der Waals surface area contributed by atoms with Gasteiger partial charge in [-0.3, -0.25) is 19.1 Å². The number of amides is 4. The van der Waals surface area contributed by atoms with Gasteiger partial charge < -0.3 is 29.7 Å². The van der Waals surface area contributed by atoms with Gasteiger partial charge in [-0.05, 0) is 70.3 Å². The van der Waals surface area contributed by atoms with Crippen LogP contribution in [0.15, 0.2) is 42.6 Å². The summed E-state index contributed by atoms with van der Waals surface area (Å²) in [5.41, 5.74) is -1.64. The third-order valence-electron chi connectivity index (χ3n) is 11.8. The summed E-state index contributed by atoms with van der Waals surface area (Å²) in [6.07, 6.45) is -1.81. The Bertz CT molecular complexity index is 2030. The fourth-order valence-corrected chi connectivity index (χ4v) is 9.07. The van der Waals surface area contributed by atoms with E-state index in [4.69, 9.17) is 9.47 Å². The number of nitrogens with one attached hydrogen (secondary N) is 3. The van der Waals surface area contributed by atoms with Crippen LogP contribution in [0.3, 0.4) is 0 Å². The number of alkyl carbamates (subject to hydrolysis) is 1. The van der Waals surface area contributed by atoms with Crippen molar-refractivity contribution in [2.75, 3.05) is 13.7 Å². The van der Waals surface area contributed by atoms with E-state index >= 15 is 0 Å². The molecule has 0 spiro atoms. The number of hydrogen-bond acceptors (Lipinski definition) is 10. The van der Waals surface area contributed by atoms with Gasteiger partial charge in [0.05, 0.1) is 24.6 Å². The largest absolute Gasteiger partial charge is 0.494 e. The summed E-state index contributed by atoms with van der Waals surface area (Å²) in [5, 5.41) is 6.49. The number of alkyl halides is 3. The average Bonchev–Trinajstić information content (AvgIpc) is 4.04. The molecule has 1 saturated heterocycles. The van der Waals surface area contributed by atoms with E-state index in [9.17, 15) is 40.8 Å². The molecule has 18 heteroatoms. The standard InChI is InChI=1S/C39H50F3N5O9S/c1-6-24-17-22(2)11-7-8-12-25-19-38(25,35(50)46-57(52,53)37(4)15-16-37)45-32(48)29-18-26(56-33-28-14-10-9-13-27(28)30(54-5)20-43-33)21-47(29)34(49)31(24)44-36(51)55-23(3)39(40,41)42/h8-10,12-14,20,22-26,29,31H,6-7,11,15-19,21H2,1-5H3,(H,44,51)(H,45,48)(H,46,50)/b12-8-/t22-,23?,24-,25-,26-,29+,31+,38-/m1/s1. The van der Waals surface area contributed by atoms with Gasteiger partial charge in [0, 0.05) is 23.1 Å². The number of hydrogen-bond donors (Lipinski definition) is 3. The zero-order valence-corrected chi connectivity index (χ0v) is 33.4. The highest BCUT2D eigenvalue weighted by Crippen LogP contribution is 2.48. The summed E-state index contributed by atoms with van der Waals surface area (Å²) in [4.78, 5) is 61.9. The van der Waals surface area contributed by atoms with Crippen LogP contribution in [-0.2, 0) is 29.1 Å². The lowest BCUT2D eigenvalue weighted by atomic mass is 9.85. The van der Waals surface area contributed by atoms with Gasteiger partial charge in [-0.15, -0.1) is 0 Å². The van der Waals surface area contributed by atoms with Crippen molar-refractivity contribution in [3.8, 4) is 11.6 Å². The van der Waals surface area contributed by atoms with Crippen LogP contribution in [0.1, 0.15) is 79.1 Å². The minimum absolute atomic E-state index is 0.0247. The topological polar surface area (TPSA) is 182 Å². The fraction of sp³-hybridized carbons (Fsp3) is 0.615. The van der Waals surface area contributed by atoms with E-state index in [-0.39, 0.29) is 31.2 Å². The Labute approximate surface area is 329 Å². The molecule has 4 aliphatic rings. The van der Waals surface area contributed by atoms with E-state index in [0.29, 0.717) is 62.0 Å². The molecule has 1 aromatic heterocycles. The molecule has 1 aromatic carbocycles. The van der Waals surface area contributed by atoms with Crippen LogP contribution in [0.4, 0.5) is 18.0 Å². The van der Waals surface area contributed by atoms with Gasteiger partial charge in [-0.25, -0.2) is 18.2 Å². The molecule has 312 valence electrons. The molecule has 1 unspecified atom stereocenters. The number of pyridine rings is 1. The predicted octanol–water partition coefficient (Wildman–Crippen LogP) is 4.91. The molecule has 0 radical (unpaired) electrons. The van der Waals surface area contributed by atoms with E-state index in [1.165, 1.54) is 25.1 Å². The quantitative estimate of drug-likeness (QED) is 0.294. The number of carbonyl (C=O) groups is 4. The van der Waals surface area contributed by atoms with Gasteiger partial charge in [0.25, 0.3) is 5.91 Å². The summed E-state index contributed by atoms with van der Waals surface area (Å²) < 4.78 is 84.2. The molecule has 2 aromatic rings. The summed E-state index contributed by atoms with van der Waals surface area (Å²) in [6, 6.07) is 4.46. The van der Waals surface area contributed by atoms with Crippen molar-refractivity contribution < 1.29 is 55.0 Å². The number of allylic oxidation sites excluding steroid dienone is 1. The van der Waals surface area contributed by atoms with Crippen LogP contribution < -0.4 is 24.8 Å². The Morgan fingerprint density at radius 3 is 2.49 bits per heavy atom. The summed E-state index contributed by atoms with van der Waals surface area (Å²) >= 11 is 0. The van der Waals surface area contributed by atoms with Crippen molar-refractivity contribution in [3.63, 3.8) is 0 Å².